The Hall–Kier alpha value is -1.36. The minimum absolute atomic E-state index is 0.0206. The first-order valence-corrected chi connectivity index (χ1v) is 6.01. The molecule has 0 spiro atoms. The van der Waals surface area contributed by atoms with Gasteiger partial charge in [-0.1, -0.05) is 6.92 Å². The molecule has 0 saturated carbocycles. The lowest BCUT2D eigenvalue weighted by atomic mass is 10.1. The topological polar surface area (TPSA) is 38.5 Å². The third-order valence-electron chi connectivity index (χ3n) is 3.04. The molecule has 1 atom stereocenters. The largest absolute Gasteiger partial charge is 0.395 e. The second-order valence-corrected chi connectivity index (χ2v) is 4.26. The van der Waals surface area contributed by atoms with E-state index in [0.717, 1.165) is 12.5 Å². The summed E-state index contributed by atoms with van der Waals surface area (Å²) in [4.78, 5) is 1.87. The van der Waals surface area contributed by atoms with Gasteiger partial charge in [-0.2, -0.15) is 0 Å². The van der Waals surface area contributed by atoms with E-state index in [4.69, 9.17) is 10.5 Å². The number of ether oxygens (including phenoxy) is 1. The molecule has 5 heteroatoms. The number of nitrogens with two attached hydrogens (primary N) is 1. The summed E-state index contributed by atoms with van der Waals surface area (Å²) in [7, 11) is 1.59. The van der Waals surface area contributed by atoms with Crippen LogP contribution in [0.3, 0.4) is 0 Å². The van der Waals surface area contributed by atoms with E-state index >= 15 is 0 Å². The first-order valence-electron chi connectivity index (χ1n) is 6.01. The molecule has 0 aromatic heterocycles. The van der Waals surface area contributed by atoms with E-state index in [1.165, 1.54) is 6.07 Å². The van der Waals surface area contributed by atoms with Gasteiger partial charge in [0.1, 0.15) is 5.82 Å². The van der Waals surface area contributed by atoms with Gasteiger partial charge in [0, 0.05) is 25.8 Å². The highest BCUT2D eigenvalue weighted by atomic mass is 19.1. The number of hydrogen-bond acceptors (Lipinski definition) is 3. The van der Waals surface area contributed by atoms with E-state index < -0.39 is 11.6 Å². The average molecular weight is 258 g/mol. The van der Waals surface area contributed by atoms with E-state index in [-0.39, 0.29) is 11.7 Å². The van der Waals surface area contributed by atoms with E-state index in [9.17, 15) is 8.78 Å². The van der Waals surface area contributed by atoms with Crippen LogP contribution in [-0.4, -0.2) is 26.3 Å². The van der Waals surface area contributed by atoms with Gasteiger partial charge in [0.25, 0.3) is 0 Å². The summed E-state index contributed by atoms with van der Waals surface area (Å²) in [5, 5.41) is 0. The van der Waals surface area contributed by atoms with E-state index in [1.807, 2.05) is 18.7 Å². The normalized spacial score (nSPS) is 12.5. The average Bonchev–Trinajstić information content (AvgIpc) is 2.34. The van der Waals surface area contributed by atoms with Gasteiger partial charge in [0.15, 0.2) is 5.82 Å². The third-order valence-corrected chi connectivity index (χ3v) is 3.04. The molecule has 0 aliphatic heterocycles. The van der Waals surface area contributed by atoms with Gasteiger partial charge in [0.05, 0.1) is 18.0 Å². The summed E-state index contributed by atoms with van der Waals surface area (Å²) < 4.78 is 31.8. The van der Waals surface area contributed by atoms with Crippen LogP contribution in [0.15, 0.2) is 12.1 Å². The summed E-state index contributed by atoms with van der Waals surface area (Å²) in [5.41, 5.74) is 6.06. The van der Waals surface area contributed by atoms with Crippen molar-refractivity contribution in [3.63, 3.8) is 0 Å². The van der Waals surface area contributed by atoms with Gasteiger partial charge < -0.3 is 15.4 Å². The number of benzene rings is 1. The second-order valence-electron chi connectivity index (χ2n) is 4.26. The number of hydrogen-bond donors (Lipinski definition) is 1. The monoisotopic (exact) mass is 258 g/mol. The van der Waals surface area contributed by atoms with Gasteiger partial charge >= 0.3 is 0 Å². The first-order chi connectivity index (χ1) is 8.51. The van der Waals surface area contributed by atoms with Crippen molar-refractivity contribution in [2.75, 3.05) is 30.9 Å². The molecule has 0 aliphatic carbocycles. The van der Waals surface area contributed by atoms with Crippen molar-refractivity contribution in [3.05, 3.63) is 23.8 Å². The lowest BCUT2D eigenvalue weighted by Crippen LogP contribution is -2.36. The van der Waals surface area contributed by atoms with Crippen LogP contribution in [0.5, 0.6) is 0 Å². The Morgan fingerprint density at radius 2 is 2.06 bits per heavy atom. The van der Waals surface area contributed by atoms with Crippen molar-refractivity contribution in [2.24, 2.45) is 0 Å². The fourth-order valence-electron chi connectivity index (χ4n) is 1.80. The van der Waals surface area contributed by atoms with Crippen LogP contribution < -0.4 is 10.6 Å². The zero-order valence-electron chi connectivity index (χ0n) is 11.0. The molecule has 0 fully saturated rings. The maximum atomic E-state index is 13.5. The minimum Gasteiger partial charge on any atom is -0.395 e. The molecule has 0 bridgehead atoms. The quantitative estimate of drug-likeness (QED) is 0.797. The molecule has 1 unspecified atom stereocenters. The Labute approximate surface area is 107 Å². The Bertz CT molecular complexity index is 399. The van der Waals surface area contributed by atoms with Gasteiger partial charge in [-0.15, -0.1) is 0 Å². The van der Waals surface area contributed by atoms with E-state index in [1.54, 1.807) is 7.11 Å². The fourth-order valence-corrected chi connectivity index (χ4v) is 1.80. The highest BCUT2D eigenvalue weighted by molar-refractivity contribution is 5.68. The molecule has 0 amide bonds. The summed E-state index contributed by atoms with van der Waals surface area (Å²) in [6, 6.07) is 2.19. The summed E-state index contributed by atoms with van der Waals surface area (Å²) >= 11 is 0. The molecule has 0 saturated heterocycles. The molecule has 0 radical (unpaired) electrons. The van der Waals surface area contributed by atoms with Crippen molar-refractivity contribution >= 4 is 11.4 Å². The molecular weight excluding hydrogens is 238 g/mol. The number of rotatable bonds is 6. The Kier molecular flexibility index (Phi) is 5.34. The smallest absolute Gasteiger partial charge is 0.151 e. The highest BCUT2D eigenvalue weighted by Crippen LogP contribution is 2.29. The summed E-state index contributed by atoms with van der Waals surface area (Å²) in [5.74, 6) is -1.35. The summed E-state index contributed by atoms with van der Waals surface area (Å²) in [6.45, 7) is 5.01. The predicted molar refractivity (Wildman–Crippen MR) is 69.7 cm³/mol. The second kappa shape index (κ2) is 6.54. The van der Waals surface area contributed by atoms with Crippen molar-refractivity contribution in [1.82, 2.24) is 0 Å². The minimum atomic E-state index is -0.726. The Morgan fingerprint density at radius 3 is 2.61 bits per heavy atom. The van der Waals surface area contributed by atoms with Crippen molar-refractivity contribution in [3.8, 4) is 0 Å². The summed E-state index contributed by atoms with van der Waals surface area (Å²) in [6.07, 6.45) is 0.848. The van der Waals surface area contributed by atoms with Crippen LogP contribution in [0.4, 0.5) is 20.2 Å². The molecule has 1 aromatic carbocycles. The Morgan fingerprint density at radius 1 is 1.39 bits per heavy atom. The van der Waals surface area contributed by atoms with Gasteiger partial charge in [-0.25, -0.2) is 8.78 Å². The van der Waals surface area contributed by atoms with E-state index in [0.29, 0.717) is 18.8 Å². The zero-order valence-corrected chi connectivity index (χ0v) is 11.0. The van der Waals surface area contributed by atoms with Gasteiger partial charge in [0.2, 0.25) is 0 Å². The van der Waals surface area contributed by atoms with Gasteiger partial charge in [-0.05, 0) is 19.4 Å². The first kappa shape index (κ1) is 14.7. The Balaban J connectivity index is 3.11. The molecule has 0 heterocycles. The lowest BCUT2D eigenvalue weighted by Gasteiger charge is -2.31. The molecular formula is C13H20F2N2O. The van der Waals surface area contributed by atoms with Crippen molar-refractivity contribution in [2.45, 2.75) is 26.3 Å². The maximum Gasteiger partial charge on any atom is 0.151 e. The SMILES string of the molecule is CCC(C)N(CCOC)c1cc(F)cc(F)c1N. The molecule has 102 valence electrons. The van der Waals surface area contributed by atoms with Gasteiger partial charge in [-0.3, -0.25) is 0 Å². The molecule has 18 heavy (non-hydrogen) atoms. The fraction of sp³-hybridized carbons (Fsp3) is 0.538. The molecule has 0 aliphatic rings. The van der Waals surface area contributed by atoms with Crippen LogP contribution in [0.25, 0.3) is 0 Å². The number of halogens is 2. The highest BCUT2D eigenvalue weighted by Gasteiger charge is 2.18. The third kappa shape index (κ3) is 3.32. The van der Waals surface area contributed by atoms with E-state index in [2.05, 4.69) is 0 Å². The van der Waals surface area contributed by atoms with Crippen LogP contribution in [0, 0.1) is 11.6 Å². The predicted octanol–water partition coefficient (Wildman–Crippen LogP) is 2.80. The molecule has 2 N–H and O–H groups in total. The molecule has 3 nitrogen and oxygen atoms in total. The van der Waals surface area contributed by atoms with Crippen LogP contribution >= 0.6 is 0 Å². The number of nitrogen functional groups attached to an aromatic ring is 1. The van der Waals surface area contributed by atoms with Crippen molar-refractivity contribution < 1.29 is 13.5 Å². The van der Waals surface area contributed by atoms with Crippen LogP contribution in [0.1, 0.15) is 20.3 Å². The lowest BCUT2D eigenvalue weighted by molar-refractivity contribution is 0.203. The van der Waals surface area contributed by atoms with Crippen molar-refractivity contribution in [1.29, 1.82) is 0 Å². The number of anilines is 2. The number of nitrogens with zero attached hydrogens (tertiary/aromatic N) is 1. The van der Waals surface area contributed by atoms with Crippen LogP contribution in [-0.2, 0) is 4.74 Å². The molecule has 1 aromatic rings. The zero-order chi connectivity index (χ0) is 13.7. The standard InChI is InChI=1S/C13H20F2N2O/c1-4-9(2)17(5-6-18-3)12-8-10(14)7-11(15)13(12)16/h7-9H,4-6,16H2,1-3H3. The maximum absolute atomic E-state index is 13.5. The molecule has 1 rings (SSSR count). The number of methoxy groups -OCH3 is 1. The van der Waals surface area contributed by atoms with Crippen LogP contribution in [0.2, 0.25) is 0 Å².